The van der Waals surface area contributed by atoms with Crippen molar-refractivity contribution in [3.8, 4) is 62.0 Å². The highest BCUT2D eigenvalue weighted by atomic mass is 15.0. The number of hydrogen-bond donors (Lipinski definition) is 0. The molecule has 0 atom stereocenters. The molecular weight excluding hydrogens is 843 g/mol. The van der Waals surface area contributed by atoms with Crippen LogP contribution in [0.3, 0.4) is 0 Å². The summed E-state index contributed by atoms with van der Waals surface area (Å²) < 4.78 is 6.96. The van der Waals surface area contributed by atoms with Gasteiger partial charge in [-0.1, -0.05) is 133 Å². The third-order valence-electron chi connectivity index (χ3n) is 13.5. The average molecular weight is 882 g/mol. The molecule has 7 heterocycles. The highest BCUT2D eigenvalue weighted by Gasteiger charge is 2.20. The summed E-state index contributed by atoms with van der Waals surface area (Å²) in [6.07, 6.45) is 5.69. The molecule has 0 spiro atoms. The molecule has 0 aliphatic rings. The van der Waals surface area contributed by atoms with Crippen LogP contribution in [0.1, 0.15) is 0 Å². The van der Waals surface area contributed by atoms with E-state index in [2.05, 4.69) is 220 Å². The van der Waals surface area contributed by atoms with E-state index in [1.165, 1.54) is 21.5 Å². The second kappa shape index (κ2) is 15.6. The molecule has 0 bridgehead atoms. The number of para-hydroxylation sites is 3. The van der Waals surface area contributed by atoms with Crippen molar-refractivity contribution >= 4 is 65.7 Å². The minimum Gasteiger partial charge on any atom is -0.309 e. The van der Waals surface area contributed by atoms with Gasteiger partial charge in [-0.05, 0) is 96.1 Å². The van der Waals surface area contributed by atoms with Crippen LogP contribution in [0, 0.1) is 0 Å². The Morgan fingerprint density at radius 1 is 0.275 bits per heavy atom. The fourth-order valence-corrected chi connectivity index (χ4v) is 10.4. The van der Waals surface area contributed by atoms with E-state index in [1.54, 1.807) is 0 Å². The van der Waals surface area contributed by atoms with Crippen LogP contribution in [0.2, 0.25) is 0 Å². The molecule has 7 aromatic carbocycles. The van der Waals surface area contributed by atoms with Crippen LogP contribution in [0.5, 0.6) is 0 Å². The molecule has 7 aromatic heterocycles. The molecule has 0 saturated heterocycles. The average Bonchev–Trinajstić information content (AvgIpc) is 4.06. The topological polar surface area (TPSA) is 66.3 Å². The molecule has 322 valence electrons. The van der Waals surface area contributed by atoms with Gasteiger partial charge in [-0.2, -0.15) is 0 Å². The van der Waals surface area contributed by atoms with E-state index in [0.717, 1.165) is 106 Å². The summed E-state index contributed by atoms with van der Waals surface area (Å²) in [5.74, 6) is 0. The maximum Gasteiger partial charge on any atom is 0.115 e. The molecule has 0 aliphatic heterocycles. The van der Waals surface area contributed by atoms with Crippen molar-refractivity contribution in [2.75, 3.05) is 0 Å². The van der Waals surface area contributed by atoms with Gasteiger partial charge in [0.2, 0.25) is 0 Å². The van der Waals surface area contributed by atoms with Crippen LogP contribution < -0.4 is 0 Å². The van der Waals surface area contributed by atoms with Crippen molar-refractivity contribution < 1.29 is 0 Å². The molecule has 0 N–H and O–H groups in total. The maximum absolute atomic E-state index is 5.27. The molecule has 0 saturated carbocycles. The van der Waals surface area contributed by atoms with Gasteiger partial charge in [-0.15, -0.1) is 0 Å². The van der Waals surface area contributed by atoms with Crippen molar-refractivity contribution in [1.29, 1.82) is 0 Å². The zero-order valence-corrected chi connectivity index (χ0v) is 37.1. The predicted molar refractivity (Wildman–Crippen MR) is 282 cm³/mol. The summed E-state index contributed by atoms with van der Waals surface area (Å²) in [6.45, 7) is 0. The third-order valence-corrected chi connectivity index (χ3v) is 13.5. The second-order valence-electron chi connectivity index (χ2n) is 17.5. The number of hydrogen-bond acceptors (Lipinski definition) is 4. The van der Waals surface area contributed by atoms with Crippen molar-refractivity contribution in [3.05, 3.63) is 237 Å². The van der Waals surface area contributed by atoms with E-state index in [4.69, 9.17) is 19.9 Å². The number of aromatic nitrogens is 7. The number of nitrogens with zero attached hydrogens (tertiary/aromatic N) is 7. The Hall–Kier alpha value is -9.46. The molecular formula is C62H39N7. The van der Waals surface area contributed by atoms with Crippen LogP contribution in [0.15, 0.2) is 237 Å². The van der Waals surface area contributed by atoms with Crippen molar-refractivity contribution in [2.45, 2.75) is 0 Å². The predicted octanol–water partition coefficient (Wildman–Crippen LogP) is 15.2. The van der Waals surface area contributed by atoms with Gasteiger partial charge in [0.05, 0.1) is 67.8 Å². The fourth-order valence-electron chi connectivity index (χ4n) is 10.4. The molecule has 7 heteroatoms. The van der Waals surface area contributed by atoms with Crippen molar-refractivity contribution in [3.63, 3.8) is 0 Å². The monoisotopic (exact) mass is 881 g/mol. The Morgan fingerprint density at radius 3 is 1.57 bits per heavy atom. The Balaban J connectivity index is 0.900. The molecule has 0 fully saturated rings. The van der Waals surface area contributed by atoms with E-state index in [-0.39, 0.29) is 0 Å². The first kappa shape index (κ1) is 38.8. The molecule has 0 radical (unpaired) electrons. The minimum absolute atomic E-state index is 0.838. The Morgan fingerprint density at radius 2 is 0.826 bits per heavy atom. The lowest BCUT2D eigenvalue weighted by molar-refractivity contribution is 1.14. The first-order valence-corrected chi connectivity index (χ1v) is 23.2. The van der Waals surface area contributed by atoms with Crippen molar-refractivity contribution in [2.24, 2.45) is 0 Å². The van der Waals surface area contributed by atoms with E-state index >= 15 is 0 Å². The SMILES string of the molecule is c1ccc(-c2cc(-n3c4ccccc4c4ccc(-c5ccc6c(c5)c5ccccc5n6-c5cncc(-c6ccc7c(n6)c6ncccc6n7-c6ccccc6)c5)cc43)cc(-c3ccccc3)n2)cc1. The molecule has 14 aromatic rings. The van der Waals surface area contributed by atoms with E-state index in [0.29, 0.717) is 0 Å². The second-order valence-corrected chi connectivity index (χ2v) is 17.5. The summed E-state index contributed by atoms with van der Waals surface area (Å²) in [5.41, 5.74) is 19.4. The highest BCUT2D eigenvalue weighted by molar-refractivity contribution is 6.13. The summed E-state index contributed by atoms with van der Waals surface area (Å²) in [7, 11) is 0. The minimum atomic E-state index is 0.838. The van der Waals surface area contributed by atoms with Crippen LogP contribution in [0.25, 0.3) is 128 Å². The van der Waals surface area contributed by atoms with Gasteiger partial charge >= 0.3 is 0 Å². The van der Waals surface area contributed by atoms with Crippen LogP contribution in [-0.4, -0.2) is 33.6 Å². The number of rotatable bonds is 7. The first-order chi connectivity index (χ1) is 34.2. The van der Waals surface area contributed by atoms with E-state index in [1.807, 2.05) is 30.7 Å². The lowest BCUT2D eigenvalue weighted by Gasteiger charge is -2.14. The quantitative estimate of drug-likeness (QED) is 0.160. The Labute approximate surface area is 396 Å². The summed E-state index contributed by atoms with van der Waals surface area (Å²) in [4.78, 5) is 20.1. The highest BCUT2D eigenvalue weighted by Crippen LogP contribution is 2.40. The van der Waals surface area contributed by atoms with Gasteiger partial charge in [-0.25, -0.2) is 9.97 Å². The van der Waals surface area contributed by atoms with Crippen LogP contribution in [0.4, 0.5) is 0 Å². The zero-order valence-electron chi connectivity index (χ0n) is 37.1. The van der Waals surface area contributed by atoms with Crippen LogP contribution >= 0.6 is 0 Å². The molecule has 69 heavy (non-hydrogen) atoms. The normalized spacial score (nSPS) is 11.8. The molecule has 0 amide bonds. The first-order valence-electron chi connectivity index (χ1n) is 23.2. The fraction of sp³-hybridized carbons (Fsp3) is 0. The summed E-state index contributed by atoms with van der Waals surface area (Å²) >= 11 is 0. The maximum atomic E-state index is 5.27. The largest absolute Gasteiger partial charge is 0.309 e. The third kappa shape index (κ3) is 6.29. The Kier molecular flexibility index (Phi) is 8.75. The smallest absolute Gasteiger partial charge is 0.115 e. The van der Waals surface area contributed by atoms with Gasteiger partial charge < -0.3 is 13.7 Å². The molecule has 7 nitrogen and oxygen atoms in total. The Bertz CT molecular complexity index is 4240. The van der Waals surface area contributed by atoms with Gasteiger partial charge in [0.1, 0.15) is 11.0 Å². The number of pyridine rings is 4. The van der Waals surface area contributed by atoms with Gasteiger partial charge in [0.15, 0.2) is 0 Å². The van der Waals surface area contributed by atoms with Gasteiger partial charge in [0.25, 0.3) is 0 Å². The number of benzene rings is 7. The van der Waals surface area contributed by atoms with E-state index < -0.39 is 0 Å². The van der Waals surface area contributed by atoms with E-state index in [9.17, 15) is 0 Å². The van der Waals surface area contributed by atoms with Crippen molar-refractivity contribution in [1.82, 2.24) is 33.6 Å². The summed E-state index contributed by atoms with van der Waals surface area (Å²) in [6, 6.07) is 77.4. The van der Waals surface area contributed by atoms with Crippen LogP contribution in [-0.2, 0) is 0 Å². The molecule has 0 unspecified atom stereocenters. The van der Waals surface area contributed by atoms with Gasteiger partial charge in [-0.3, -0.25) is 9.97 Å². The summed E-state index contributed by atoms with van der Waals surface area (Å²) in [5, 5.41) is 4.75. The lowest BCUT2D eigenvalue weighted by Crippen LogP contribution is -1.98. The van der Waals surface area contributed by atoms with Gasteiger partial charge in [0, 0.05) is 56.3 Å². The lowest BCUT2D eigenvalue weighted by atomic mass is 10.0. The molecule has 0 aliphatic carbocycles. The number of fused-ring (bicyclic) bond motifs is 9. The zero-order chi connectivity index (χ0) is 45.4. The standard InChI is InChI=1S/C62H39N7/c1-4-15-40(16-5-1)53-36-46(37-54(65-53)41-17-6-2-7-18-41)68-55-23-12-10-21-48(55)50-28-26-43(35-60(50)68)42-27-30-57-51(34-42)49-22-11-13-24-56(49)69(57)47-33-44(38-63-39-47)52-29-31-59-62(66-52)61-58(25-14-32-64-61)67(59)45-19-8-3-9-20-45/h1-39H. The molecule has 14 rings (SSSR count).